The van der Waals surface area contributed by atoms with Crippen molar-refractivity contribution >= 4 is 58.3 Å². The Morgan fingerprint density at radius 1 is 1.12 bits per heavy atom. The van der Waals surface area contributed by atoms with Crippen molar-refractivity contribution in [2.75, 3.05) is 44.1 Å². The van der Waals surface area contributed by atoms with Crippen LogP contribution in [0.25, 0.3) is 11.0 Å². The van der Waals surface area contributed by atoms with Crippen molar-refractivity contribution in [3.05, 3.63) is 29.5 Å². The molecule has 2 fully saturated rings. The number of hydrogen-bond acceptors (Lipinski definition) is 13. The highest BCUT2D eigenvalue weighted by molar-refractivity contribution is 8.00. The summed E-state index contributed by atoms with van der Waals surface area (Å²) in [6, 6.07) is 2.66. The highest BCUT2D eigenvalue weighted by atomic mass is 32.2. The summed E-state index contributed by atoms with van der Waals surface area (Å²) in [6.45, 7) is 3.78. The molecule has 1 saturated carbocycles. The zero-order chi connectivity index (χ0) is 36.7. The Bertz CT molecular complexity index is 1720. The van der Waals surface area contributed by atoms with E-state index >= 15 is 0 Å². The number of aliphatic carboxylic acids is 1. The third kappa shape index (κ3) is 9.18. The van der Waals surface area contributed by atoms with Gasteiger partial charge < -0.3 is 36.7 Å². The van der Waals surface area contributed by atoms with Crippen LogP contribution in [0.4, 0.5) is 11.8 Å². The molecule has 1 aliphatic heterocycles. The molecule has 276 valence electrons. The monoisotopic (exact) mass is 725 g/mol. The second-order valence-corrected chi connectivity index (χ2v) is 14.2. The molecule has 3 heterocycles. The average molecular weight is 726 g/mol. The van der Waals surface area contributed by atoms with E-state index in [9.17, 15) is 19.2 Å². The van der Waals surface area contributed by atoms with Crippen LogP contribution in [0.5, 0.6) is 11.5 Å². The molecule has 16 nitrogen and oxygen atoms in total. The van der Waals surface area contributed by atoms with Gasteiger partial charge in [0, 0.05) is 37.7 Å². The smallest absolute Gasteiger partial charge is 0.321 e. The Labute approximate surface area is 300 Å². The number of carboxylic acids is 1. The van der Waals surface area contributed by atoms with E-state index in [4.69, 9.17) is 31.1 Å². The number of nitrogen functional groups attached to an aromatic ring is 1. The minimum atomic E-state index is -1.14. The van der Waals surface area contributed by atoms with Gasteiger partial charge in [-0.1, -0.05) is 13.3 Å². The van der Waals surface area contributed by atoms with Gasteiger partial charge in [-0.25, -0.2) is 4.98 Å². The van der Waals surface area contributed by atoms with Crippen LogP contribution in [-0.4, -0.2) is 97.8 Å². The number of thioether (sulfide) groups is 1. The summed E-state index contributed by atoms with van der Waals surface area (Å²) in [5.41, 5.74) is 14.3. The number of hydrogen-bond donors (Lipinski definition) is 5. The zero-order valence-electron chi connectivity index (χ0n) is 29.2. The van der Waals surface area contributed by atoms with Gasteiger partial charge in [-0.05, 0) is 55.7 Å². The molecule has 1 unspecified atom stereocenters. The quantitative estimate of drug-likeness (QED) is 0.0994. The molecule has 1 aliphatic carbocycles. The Morgan fingerprint density at radius 2 is 1.82 bits per heavy atom. The minimum absolute atomic E-state index is 0.0485. The fourth-order valence-corrected chi connectivity index (χ4v) is 7.60. The van der Waals surface area contributed by atoms with Crippen molar-refractivity contribution < 1.29 is 33.8 Å². The van der Waals surface area contributed by atoms with Crippen LogP contribution in [0.2, 0.25) is 0 Å². The molecule has 2 aliphatic rings. The molecule has 17 heteroatoms. The van der Waals surface area contributed by atoms with Crippen molar-refractivity contribution in [2.24, 2.45) is 17.6 Å². The third-order valence-corrected chi connectivity index (χ3v) is 10.7. The van der Waals surface area contributed by atoms with Gasteiger partial charge in [-0.2, -0.15) is 10.1 Å². The summed E-state index contributed by atoms with van der Waals surface area (Å²) in [6.07, 6.45) is 6.59. The number of nitrogens with one attached hydrogen (secondary N) is 2. The molecular weight excluding hydrogens is 678 g/mol. The lowest BCUT2D eigenvalue weighted by Gasteiger charge is -2.30. The Kier molecular flexibility index (Phi) is 12.6. The number of amides is 3. The van der Waals surface area contributed by atoms with E-state index in [1.165, 1.54) is 4.90 Å². The maximum atomic E-state index is 13.2. The third-order valence-electron chi connectivity index (χ3n) is 9.36. The number of methoxy groups -OCH3 is 2. The van der Waals surface area contributed by atoms with Crippen molar-refractivity contribution in [3.63, 3.8) is 0 Å². The first-order valence-corrected chi connectivity index (χ1v) is 18.3. The highest BCUT2D eigenvalue weighted by Gasteiger charge is 2.41. The molecule has 1 aromatic carbocycles. The van der Waals surface area contributed by atoms with Crippen LogP contribution in [0.1, 0.15) is 63.0 Å². The van der Waals surface area contributed by atoms with Gasteiger partial charge >= 0.3 is 5.97 Å². The molecule has 7 N–H and O–H groups in total. The number of benzene rings is 1. The highest BCUT2D eigenvalue weighted by Crippen LogP contribution is 2.34. The summed E-state index contributed by atoms with van der Waals surface area (Å²) >= 11 is 1.11. The molecule has 5 rings (SSSR count). The molecule has 0 spiro atoms. The number of imide groups is 1. The zero-order valence-corrected chi connectivity index (χ0v) is 30.0. The summed E-state index contributed by atoms with van der Waals surface area (Å²) < 4.78 is 13.2. The lowest BCUT2D eigenvalue weighted by atomic mass is 9.81. The predicted octanol–water partition coefficient (Wildman–Crippen LogP) is 2.38. The predicted molar refractivity (Wildman–Crippen MR) is 192 cm³/mol. The summed E-state index contributed by atoms with van der Waals surface area (Å²) in [7, 11) is 3.16. The van der Waals surface area contributed by atoms with Gasteiger partial charge in [0.15, 0.2) is 11.3 Å². The molecule has 3 aromatic rings. The standard InChI is InChI=1S/C34H47N9O7S/c1-4-5-10-37-30-29-24(39-34(36)40-30)17-42(41-29)16-22-25(49-2)11-20(12-26(22)50-3)14-38-31(45)21-8-6-19(7-9-21)15-43-28(44)13-27(32(43)46)51-18-23(35)33(47)48/h11-12,17,19,21,23,27H,4-10,13-16,18,35H2,1-3H3,(H,38,45)(H,47,48)(H3,36,37,39,40)/t19?,21?,23-,27?/m1/s1. The topological polar surface area (TPSA) is 230 Å². The summed E-state index contributed by atoms with van der Waals surface area (Å²) in [5, 5.41) is 19.5. The van der Waals surface area contributed by atoms with E-state index < -0.39 is 17.3 Å². The van der Waals surface area contributed by atoms with E-state index in [0.29, 0.717) is 67.1 Å². The maximum absolute atomic E-state index is 13.2. The number of likely N-dealkylation sites (tertiary alicyclic amines) is 1. The maximum Gasteiger partial charge on any atom is 0.321 e. The normalized spacial score (nSPS) is 19.7. The average Bonchev–Trinajstić information content (AvgIpc) is 3.64. The minimum Gasteiger partial charge on any atom is -0.496 e. The van der Waals surface area contributed by atoms with Crippen LogP contribution in [-0.2, 0) is 32.3 Å². The second kappa shape index (κ2) is 17.0. The number of carbonyl (C=O) groups excluding carboxylic acids is 3. The summed E-state index contributed by atoms with van der Waals surface area (Å²) in [5.74, 6) is 0.173. The summed E-state index contributed by atoms with van der Waals surface area (Å²) in [4.78, 5) is 59.6. The van der Waals surface area contributed by atoms with Gasteiger partial charge in [0.1, 0.15) is 23.1 Å². The molecule has 51 heavy (non-hydrogen) atoms. The Balaban J connectivity index is 1.15. The number of anilines is 2. The number of ether oxygens (including phenoxy) is 2. The Morgan fingerprint density at radius 3 is 2.47 bits per heavy atom. The number of unbranched alkanes of at least 4 members (excludes halogenated alkanes) is 1. The number of nitrogens with zero attached hydrogens (tertiary/aromatic N) is 5. The van der Waals surface area contributed by atoms with E-state index in [1.807, 2.05) is 12.1 Å². The van der Waals surface area contributed by atoms with Crippen molar-refractivity contribution in [1.29, 1.82) is 0 Å². The van der Waals surface area contributed by atoms with Crippen LogP contribution in [0.15, 0.2) is 18.3 Å². The lowest BCUT2D eigenvalue weighted by molar-refractivity contribution is -0.140. The van der Waals surface area contributed by atoms with Crippen molar-refractivity contribution in [1.82, 2.24) is 30.0 Å². The first-order valence-electron chi connectivity index (χ1n) is 17.2. The van der Waals surface area contributed by atoms with E-state index in [-0.39, 0.29) is 54.2 Å². The molecule has 2 aromatic heterocycles. The number of carbonyl (C=O) groups is 4. The van der Waals surface area contributed by atoms with Crippen LogP contribution in [0, 0.1) is 11.8 Å². The van der Waals surface area contributed by atoms with Gasteiger partial charge in [0.05, 0.1) is 37.8 Å². The lowest BCUT2D eigenvalue weighted by Crippen LogP contribution is -2.39. The van der Waals surface area contributed by atoms with Crippen LogP contribution >= 0.6 is 11.8 Å². The first-order chi connectivity index (χ1) is 24.5. The van der Waals surface area contributed by atoms with Crippen molar-refractivity contribution in [3.8, 4) is 11.5 Å². The fraction of sp³-hybridized carbons (Fsp3) is 0.559. The van der Waals surface area contributed by atoms with Gasteiger partial charge in [0.25, 0.3) is 0 Å². The van der Waals surface area contributed by atoms with Crippen LogP contribution < -0.4 is 31.6 Å². The molecule has 0 bridgehead atoms. The fourth-order valence-electron chi connectivity index (χ4n) is 6.49. The van der Waals surface area contributed by atoms with E-state index in [1.54, 1.807) is 25.1 Å². The number of fused-ring (bicyclic) bond motifs is 1. The van der Waals surface area contributed by atoms with E-state index in [2.05, 4.69) is 27.5 Å². The number of rotatable bonds is 17. The van der Waals surface area contributed by atoms with Gasteiger partial charge in [-0.3, -0.25) is 28.8 Å². The van der Waals surface area contributed by atoms with E-state index in [0.717, 1.165) is 42.3 Å². The largest absolute Gasteiger partial charge is 0.496 e. The molecular formula is C34H47N9O7S. The number of carboxylic acid groups (broad SMARTS) is 1. The van der Waals surface area contributed by atoms with Gasteiger partial charge in [-0.15, -0.1) is 11.8 Å². The van der Waals surface area contributed by atoms with Crippen LogP contribution in [0.3, 0.4) is 0 Å². The van der Waals surface area contributed by atoms with Gasteiger partial charge in [0.2, 0.25) is 23.7 Å². The Hall–Kier alpha value is -4.64. The van der Waals surface area contributed by atoms with Crippen molar-refractivity contribution in [2.45, 2.75) is 76.3 Å². The number of nitrogens with two attached hydrogens (primary N) is 2. The number of aromatic nitrogens is 4. The molecule has 3 amide bonds. The second-order valence-electron chi connectivity index (χ2n) is 13.0. The first kappa shape index (κ1) is 37.6. The molecule has 1 saturated heterocycles. The molecule has 2 atom stereocenters. The molecule has 0 radical (unpaired) electrons. The SMILES string of the molecule is CCCCNc1nc(N)nc2cn(Cc3c(OC)cc(CNC(=O)C4CCC(CN5C(=O)CC(SC[C@@H](N)C(=O)O)C5=O)CC4)cc3OC)nc12.